The molecule has 0 bridgehead atoms. The van der Waals surface area contributed by atoms with Crippen molar-refractivity contribution < 1.29 is 0 Å². The zero-order valence-corrected chi connectivity index (χ0v) is 13.6. The van der Waals surface area contributed by atoms with E-state index in [1.54, 1.807) is 0 Å². The molecule has 1 aromatic heterocycles. The normalized spacial score (nSPS) is 12.4. The van der Waals surface area contributed by atoms with Crippen LogP contribution in [0.25, 0.3) is 0 Å². The summed E-state index contributed by atoms with van der Waals surface area (Å²) in [5.74, 6) is 0.848. The summed E-state index contributed by atoms with van der Waals surface area (Å²) < 4.78 is 0. The molecule has 4 heteroatoms. The van der Waals surface area contributed by atoms with E-state index in [9.17, 15) is 0 Å². The molecule has 1 unspecified atom stereocenters. The Bertz CT molecular complexity index is 581. The molecule has 0 radical (unpaired) electrons. The van der Waals surface area contributed by atoms with Crippen molar-refractivity contribution in [2.24, 2.45) is 0 Å². The number of rotatable bonds is 6. The first-order valence-electron chi connectivity index (χ1n) is 7.40. The van der Waals surface area contributed by atoms with E-state index >= 15 is 0 Å². The van der Waals surface area contributed by atoms with Gasteiger partial charge in [-0.2, -0.15) is 0 Å². The molecule has 1 atom stereocenters. The molecular formula is C17H22ClN3. The maximum atomic E-state index is 5.90. The van der Waals surface area contributed by atoms with Crippen LogP contribution < -0.4 is 5.32 Å². The molecule has 0 aliphatic heterocycles. The summed E-state index contributed by atoms with van der Waals surface area (Å²) in [5, 5.41) is 4.22. The molecule has 0 amide bonds. The van der Waals surface area contributed by atoms with E-state index in [1.165, 1.54) is 11.1 Å². The zero-order valence-electron chi connectivity index (χ0n) is 12.9. The van der Waals surface area contributed by atoms with Crippen molar-refractivity contribution in [3.05, 3.63) is 58.1 Å². The van der Waals surface area contributed by atoms with Crippen LogP contribution in [-0.2, 0) is 6.42 Å². The highest BCUT2D eigenvalue weighted by atomic mass is 35.5. The summed E-state index contributed by atoms with van der Waals surface area (Å²) in [4.78, 5) is 9.14. The van der Waals surface area contributed by atoms with E-state index in [2.05, 4.69) is 29.1 Å². The Balaban J connectivity index is 2.09. The summed E-state index contributed by atoms with van der Waals surface area (Å²) in [6.45, 7) is 7.37. The van der Waals surface area contributed by atoms with Crippen molar-refractivity contribution in [2.45, 2.75) is 39.7 Å². The van der Waals surface area contributed by atoms with Gasteiger partial charge in [-0.05, 0) is 44.5 Å². The fraction of sp³-hybridized carbons (Fsp3) is 0.412. The number of aryl methyl sites for hydroxylation is 1. The van der Waals surface area contributed by atoms with Gasteiger partial charge in [0.15, 0.2) is 0 Å². The molecule has 0 spiro atoms. The van der Waals surface area contributed by atoms with Crippen LogP contribution in [0.1, 0.15) is 49.0 Å². The summed E-state index contributed by atoms with van der Waals surface area (Å²) in [6, 6.07) is 8.11. The monoisotopic (exact) mass is 303 g/mol. The largest absolute Gasteiger partial charge is 0.310 e. The van der Waals surface area contributed by atoms with E-state index in [1.807, 2.05) is 37.4 Å². The van der Waals surface area contributed by atoms with Crippen molar-refractivity contribution in [1.29, 1.82) is 0 Å². The number of hydrogen-bond acceptors (Lipinski definition) is 3. The fourth-order valence-corrected chi connectivity index (χ4v) is 2.42. The van der Waals surface area contributed by atoms with Crippen LogP contribution >= 0.6 is 11.6 Å². The number of nitrogens with zero attached hydrogens (tertiary/aromatic N) is 2. The molecule has 0 saturated carbocycles. The third-order valence-electron chi connectivity index (χ3n) is 3.51. The summed E-state index contributed by atoms with van der Waals surface area (Å²) >= 11 is 5.90. The molecule has 1 aromatic carbocycles. The van der Waals surface area contributed by atoms with Gasteiger partial charge in [-0.3, -0.25) is 0 Å². The van der Waals surface area contributed by atoms with Crippen LogP contribution in [0.4, 0.5) is 0 Å². The van der Waals surface area contributed by atoms with E-state index in [-0.39, 0.29) is 6.04 Å². The molecule has 3 nitrogen and oxygen atoms in total. The molecule has 0 aliphatic rings. The Kier molecular flexibility index (Phi) is 5.71. The average molecular weight is 304 g/mol. The van der Waals surface area contributed by atoms with Crippen molar-refractivity contribution in [3.63, 3.8) is 0 Å². The van der Waals surface area contributed by atoms with Crippen LogP contribution in [0, 0.1) is 6.92 Å². The second-order valence-electron chi connectivity index (χ2n) is 5.31. The number of nitrogens with one attached hydrogen (secondary N) is 1. The van der Waals surface area contributed by atoms with Crippen LogP contribution in [0.3, 0.4) is 0 Å². The Morgan fingerprint density at radius 1 is 1.24 bits per heavy atom. The van der Waals surface area contributed by atoms with E-state index < -0.39 is 0 Å². The third kappa shape index (κ3) is 4.51. The molecule has 0 saturated heterocycles. The number of halogens is 1. The minimum Gasteiger partial charge on any atom is -0.310 e. The average Bonchev–Trinajstić information content (AvgIpc) is 2.47. The van der Waals surface area contributed by atoms with Crippen molar-refractivity contribution in [2.75, 3.05) is 6.54 Å². The van der Waals surface area contributed by atoms with Crippen LogP contribution in [0.15, 0.2) is 30.5 Å². The van der Waals surface area contributed by atoms with E-state index in [0.717, 1.165) is 35.9 Å². The maximum Gasteiger partial charge on any atom is 0.132 e. The highest BCUT2D eigenvalue weighted by Gasteiger charge is 2.10. The minimum absolute atomic E-state index is 0.287. The summed E-state index contributed by atoms with van der Waals surface area (Å²) in [6.07, 6.45) is 3.80. The predicted octanol–water partition coefficient (Wildman–Crippen LogP) is 4.09. The second-order valence-corrected chi connectivity index (χ2v) is 5.74. The number of benzene rings is 1. The Hall–Kier alpha value is -1.45. The van der Waals surface area contributed by atoms with Gasteiger partial charge in [0.1, 0.15) is 5.82 Å². The lowest BCUT2D eigenvalue weighted by molar-refractivity contribution is 0.563. The molecule has 0 aliphatic carbocycles. The van der Waals surface area contributed by atoms with Crippen LogP contribution in [0.2, 0.25) is 5.02 Å². The topological polar surface area (TPSA) is 37.8 Å². The lowest BCUT2D eigenvalue weighted by Crippen LogP contribution is -2.21. The molecule has 21 heavy (non-hydrogen) atoms. The Morgan fingerprint density at radius 2 is 1.95 bits per heavy atom. The SMILES string of the molecule is CCCNC(C)c1cnc(Cc2ccc(Cl)cc2)nc1C. The highest BCUT2D eigenvalue weighted by molar-refractivity contribution is 6.30. The standard InChI is InChI=1S/C17H22ClN3/c1-4-9-19-12(2)16-11-20-17(21-13(16)3)10-14-5-7-15(18)8-6-14/h5-8,11-12,19H,4,9-10H2,1-3H3. The third-order valence-corrected chi connectivity index (χ3v) is 3.76. The van der Waals surface area contributed by atoms with Gasteiger partial charge in [-0.1, -0.05) is 30.7 Å². The molecule has 1 N–H and O–H groups in total. The first kappa shape index (κ1) is 15.9. The van der Waals surface area contributed by atoms with Gasteiger partial charge >= 0.3 is 0 Å². The van der Waals surface area contributed by atoms with Gasteiger partial charge < -0.3 is 5.32 Å². The fourth-order valence-electron chi connectivity index (χ4n) is 2.29. The van der Waals surface area contributed by atoms with E-state index in [4.69, 9.17) is 11.6 Å². The van der Waals surface area contributed by atoms with Gasteiger partial charge in [-0.15, -0.1) is 0 Å². The van der Waals surface area contributed by atoms with Crippen molar-refractivity contribution in [1.82, 2.24) is 15.3 Å². The zero-order chi connectivity index (χ0) is 15.2. The summed E-state index contributed by atoms with van der Waals surface area (Å²) in [7, 11) is 0. The molecule has 2 aromatic rings. The Labute approximate surface area is 131 Å². The minimum atomic E-state index is 0.287. The maximum absolute atomic E-state index is 5.90. The Morgan fingerprint density at radius 3 is 2.57 bits per heavy atom. The highest BCUT2D eigenvalue weighted by Crippen LogP contribution is 2.16. The molecular weight excluding hydrogens is 282 g/mol. The lowest BCUT2D eigenvalue weighted by Gasteiger charge is -2.15. The molecule has 112 valence electrons. The smallest absolute Gasteiger partial charge is 0.132 e. The molecule has 2 rings (SSSR count). The lowest BCUT2D eigenvalue weighted by atomic mass is 10.1. The number of aromatic nitrogens is 2. The molecule has 1 heterocycles. The van der Waals surface area contributed by atoms with Crippen LogP contribution in [-0.4, -0.2) is 16.5 Å². The number of hydrogen-bond donors (Lipinski definition) is 1. The van der Waals surface area contributed by atoms with Crippen molar-refractivity contribution in [3.8, 4) is 0 Å². The second kappa shape index (κ2) is 7.53. The van der Waals surface area contributed by atoms with Gasteiger partial charge in [0.05, 0.1) is 0 Å². The summed E-state index contributed by atoms with van der Waals surface area (Å²) in [5.41, 5.74) is 3.39. The van der Waals surface area contributed by atoms with E-state index in [0.29, 0.717) is 0 Å². The predicted molar refractivity (Wildman–Crippen MR) is 87.7 cm³/mol. The quantitative estimate of drug-likeness (QED) is 0.873. The van der Waals surface area contributed by atoms with Gasteiger partial charge in [0.25, 0.3) is 0 Å². The first-order chi connectivity index (χ1) is 10.1. The van der Waals surface area contributed by atoms with Crippen LogP contribution in [0.5, 0.6) is 0 Å². The van der Waals surface area contributed by atoms with Gasteiger partial charge in [0, 0.05) is 34.9 Å². The van der Waals surface area contributed by atoms with Crippen molar-refractivity contribution >= 4 is 11.6 Å². The van der Waals surface area contributed by atoms with Gasteiger partial charge in [-0.25, -0.2) is 9.97 Å². The first-order valence-corrected chi connectivity index (χ1v) is 7.78. The van der Waals surface area contributed by atoms with Gasteiger partial charge in [0.2, 0.25) is 0 Å². The molecule has 0 fully saturated rings.